The van der Waals surface area contributed by atoms with Crippen molar-refractivity contribution in [1.29, 1.82) is 0 Å². The highest BCUT2D eigenvalue weighted by Gasteiger charge is 2.32. The summed E-state index contributed by atoms with van der Waals surface area (Å²) >= 11 is 0. The Morgan fingerprint density at radius 3 is 2.33 bits per heavy atom. The third-order valence-electron chi connectivity index (χ3n) is 3.16. The van der Waals surface area contributed by atoms with Crippen molar-refractivity contribution in [3.63, 3.8) is 0 Å². The van der Waals surface area contributed by atoms with E-state index < -0.39 is 17.4 Å². The van der Waals surface area contributed by atoms with Crippen LogP contribution in [0.25, 0.3) is 0 Å². The monoisotopic (exact) mass is 248 g/mol. The minimum atomic E-state index is -0.699. The van der Waals surface area contributed by atoms with Gasteiger partial charge in [0, 0.05) is 0 Å². The summed E-state index contributed by atoms with van der Waals surface area (Å²) < 4.78 is 0. The molecule has 3 N–H and O–H groups in total. The maximum absolute atomic E-state index is 12.2. The van der Waals surface area contributed by atoms with E-state index in [1.165, 1.54) is 0 Å². The molecule has 4 heteroatoms. The molecule has 0 aliphatic rings. The van der Waals surface area contributed by atoms with Gasteiger partial charge in [-0.15, -0.1) is 0 Å². The first-order chi connectivity index (χ1) is 8.26. The van der Waals surface area contributed by atoms with Crippen LogP contribution >= 0.6 is 0 Å². The van der Waals surface area contributed by atoms with Crippen molar-refractivity contribution in [2.45, 2.75) is 39.2 Å². The topological polar surface area (TPSA) is 72.2 Å². The van der Waals surface area contributed by atoms with Crippen LogP contribution in [0.1, 0.15) is 31.9 Å². The molecule has 1 atom stereocenters. The first-order valence-corrected chi connectivity index (χ1v) is 5.93. The third-order valence-corrected chi connectivity index (χ3v) is 3.16. The maximum atomic E-state index is 12.2. The molecule has 0 aliphatic heterocycles. The van der Waals surface area contributed by atoms with Gasteiger partial charge in [-0.1, -0.05) is 24.3 Å². The van der Waals surface area contributed by atoms with Gasteiger partial charge in [-0.05, 0) is 38.8 Å². The molecule has 0 bridgehead atoms. The van der Waals surface area contributed by atoms with Gasteiger partial charge >= 0.3 is 0 Å². The van der Waals surface area contributed by atoms with Crippen LogP contribution < -0.4 is 11.1 Å². The fourth-order valence-corrected chi connectivity index (χ4v) is 1.84. The molecular formula is C14H20N2O2. The van der Waals surface area contributed by atoms with Gasteiger partial charge in [0.2, 0.25) is 11.8 Å². The van der Waals surface area contributed by atoms with Gasteiger partial charge in [-0.25, -0.2) is 0 Å². The van der Waals surface area contributed by atoms with Crippen LogP contribution in [0.4, 0.5) is 0 Å². The number of nitrogens with one attached hydrogen (secondary N) is 1. The lowest BCUT2D eigenvalue weighted by Gasteiger charge is -2.27. The molecule has 1 aromatic rings. The summed E-state index contributed by atoms with van der Waals surface area (Å²) in [5.74, 6) is -0.743. The minimum absolute atomic E-state index is 0.205. The normalized spacial score (nSPS) is 12.9. The molecule has 18 heavy (non-hydrogen) atoms. The Balaban J connectivity index is 2.97. The Labute approximate surface area is 108 Å². The highest BCUT2D eigenvalue weighted by atomic mass is 16.2. The second-order valence-electron chi connectivity index (χ2n) is 5.04. The molecule has 0 aromatic heterocycles. The number of hydrogen-bond donors (Lipinski definition) is 2. The molecule has 0 saturated carbocycles. The summed E-state index contributed by atoms with van der Waals surface area (Å²) in [7, 11) is 0. The average molecular weight is 248 g/mol. The molecule has 0 aliphatic carbocycles. The lowest BCUT2D eigenvalue weighted by Crippen LogP contribution is -2.49. The highest BCUT2D eigenvalue weighted by Crippen LogP contribution is 2.26. The fraction of sp³-hybridized carbons (Fsp3) is 0.429. The van der Waals surface area contributed by atoms with E-state index in [4.69, 9.17) is 5.73 Å². The Morgan fingerprint density at radius 2 is 1.83 bits per heavy atom. The zero-order chi connectivity index (χ0) is 13.9. The SMILES string of the molecule is Cc1ccccc1C(C)(C)C(=O)N[C@@H](C)C(N)=O. The van der Waals surface area contributed by atoms with Crippen LogP contribution in [0.2, 0.25) is 0 Å². The van der Waals surface area contributed by atoms with Crippen molar-refractivity contribution in [3.8, 4) is 0 Å². The summed E-state index contributed by atoms with van der Waals surface area (Å²) in [6.45, 7) is 7.20. The number of amides is 2. The Morgan fingerprint density at radius 1 is 1.28 bits per heavy atom. The van der Waals surface area contributed by atoms with Gasteiger partial charge in [0.25, 0.3) is 0 Å². The first kappa shape index (κ1) is 14.2. The van der Waals surface area contributed by atoms with Gasteiger partial charge in [-0.3, -0.25) is 9.59 Å². The molecule has 1 rings (SSSR count). The Bertz CT molecular complexity index is 467. The second-order valence-corrected chi connectivity index (χ2v) is 5.04. The van der Waals surface area contributed by atoms with Gasteiger partial charge in [0.15, 0.2) is 0 Å². The smallest absolute Gasteiger partial charge is 0.239 e. The number of hydrogen-bond acceptors (Lipinski definition) is 2. The average Bonchev–Trinajstić information content (AvgIpc) is 2.28. The zero-order valence-corrected chi connectivity index (χ0v) is 11.3. The van der Waals surface area contributed by atoms with E-state index in [0.717, 1.165) is 11.1 Å². The largest absolute Gasteiger partial charge is 0.368 e. The van der Waals surface area contributed by atoms with Gasteiger partial charge in [0.1, 0.15) is 6.04 Å². The van der Waals surface area contributed by atoms with Crippen molar-refractivity contribution in [2.24, 2.45) is 5.73 Å². The summed E-state index contributed by atoms with van der Waals surface area (Å²) in [6.07, 6.45) is 0. The van der Waals surface area contributed by atoms with Gasteiger partial charge in [-0.2, -0.15) is 0 Å². The van der Waals surface area contributed by atoms with Crippen LogP contribution in [0.5, 0.6) is 0 Å². The van der Waals surface area contributed by atoms with Crippen molar-refractivity contribution in [3.05, 3.63) is 35.4 Å². The second kappa shape index (κ2) is 5.21. The quantitative estimate of drug-likeness (QED) is 0.842. The number of rotatable bonds is 4. The van der Waals surface area contributed by atoms with Gasteiger partial charge < -0.3 is 11.1 Å². The summed E-state index contributed by atoms with van der Waals surface area (Å²) in [5, 5.41) is 2.63. The molecule has 0 heterocycles. The standard InChI is InChI=1S/C14H20N2O2/c1-9-7-5-6-8-11(9)14(3,4)13(18)16-10(2)12(15)17/h5-8,10H,1-4H3,(H2,15,17)(H,16,18)/t10-/m0/s1. The van der Waals surface area contributed by atoms with Crippen LogP contribution in [-0.2, 0) is 15.0 Å². The zero-order valence-electron chi connectivity index (χ0n) is 11.3. The molecule has 2 amide bonds. The number of aryl methyl sites for hydroxylation is 1. The minimum Gasteiger partial charge on any atom is -0.368 e. The summed E-state index contributed by atoms with van der Waals surface area (Å²) in [5.41, 5.74) is 6.43. The first-order valence-electron chi connectivity index (χ1n) is 5.93. The molecule has 4 nitrogen and oxygen atoms in total. The molecule has 0 radical (unpaired) electrons. The van der Waals surface area contributed by atoms with E-state index >= 15 is 0 Å². The Hall–Kier alpha value is -1.84. The predicted molar refractivity (Wildman–Crippen MR) is 71.0 cm³/mol. The van der Waals surface area contributed by atoms with E-state index in [1.54, 1.807) is 6.92 Å². The number of carbonyl (C=O) groups excluding carboxylic acids is 2. The van der Waals surface area contributed by atoms with Crippen LogP contribution in [0, 0.1) is 6.92 Å². The lowest BCUT2D eigenvalue weighted by molar-refractivity contribution is -0.130. The molecule has 98 valence electrons. The lowest BCUT2D eigenvalue weighted by atomic mass is 9.81. The molecule has 0 spiro atoms. The molecule has 0 fully saturated rings. The summed E-state index contributed by atoms with van der Waals surface area (Å²) in [6, 6.07) is 7.04. The van der Waals surface area contributed by atoms with Crippen molar-refractivity contribution >= 4 is 11.8 Å². The molecule has 0 unspecified atom stereocenters. The van der Waals surface area contributed by atoms with E-state index in [-0.39, 0.29) is 5.91 Å². The van der Waals surface area contributed by atoms with Crippen LogP contribution in [-0.4, -0.2) is 17.9 Å². The number of benzene rings is 1. The van der Waals surface area contributed by atoms with Crippen molar-refractivity contribution in [1.82, 2.24) is 5.32 Å². The number of primary amides is 1. The summed E-state index contributed by atoms with van der Waals surface area (Å²) in [4.78, 5) is 23.2. The third kappa shape index (κ3) is 2.88. The van der Waals surface area contributed by atoms with E-state index in [9.17, 15) is 9.59 Å². The van der Waals surface area contributed by atoms with E-state index in [1.807, 2.05) is 45.0 Å². The van der Waals surface area contributed by atoms with Crippen molar-refractivity contribution < 1.29 is 9.59 Å². The Kier molecular flexibility index (Phi) is 4.11. The predicted octanol–water partition coefficient (Wildman–Crippen LogP) is 1.26. The fourth-order valence-electron chi connectivity index (χ4n) is 1.84. The molecule has 1 aromatic carbocycles. The maximum Gasteiger partial charge on any atom is 0.239 e. The van der Waals surface area contributed by atoms with Gasteiger partial charge in [0.05, 0.1) is 5.41 Å². The van der Waals surface area contributed by atoms with Crippen LogP contribution in [0.15, 0.2) is 24.3 Å². The van der Waals surface area contributed by atoms with E-state index in [0.29, 0.717) is 0 Å². The molecule has 0 saturated heterocycles. The number of carbonyl (C=O) groups is 2. The highest BCUT2D eigenvalue weighted by molar-refractivity contribution is 5.92. The number of nitrogens with two attached hydrogens (primary N) is 1. The molecular weight excluding hydrogens is 228 g/mol. The van der Waals surface area contributed by atoms with Crippen molar-refractivity contribution in [2.75, 3.05) is 0 Å². The van der Waals surface area contributed by atoms with Crippen LogP contribution in [0.3, 0.4) is 0 Å². The van der Waals surface area contributed by atoms with E-state index in [2.05, 4.69) is 5.32 Å².